The molecule has 0 spiro atoms. The Morgan fingerprint density at radius 3 is 0.976 bits per heavy atom. The van der Waals surface area contributed by atoms with E-state index < -0.39 is 29.4 Å². The van der Waals surface area contributed by atoms with Crippen LogP contribution in [0.25, 0.3) is 0 Å². The molecule has 10 heteroatoms. The molecule has 0 amide bonds. The van der Waals surface area contributed by atoms with Crippen LogP contribution in [0, 0.1) is 0 Å². The normalized spacial score (nSPS) is 13.9. The van der Waals surface area contributed by atoms with Crippen LogP contribution in [0.1, 0.15) is 182 Å². The summed E-state index contributed by atoms with van der Waals surface area (Å²) >= 11 is 0. The zero-order valence-electron chi connectivity index (χ0n) is 27.6. The lowest BCUT2D eigenvalue weighted by Gasteiger charge is -2.21. The molecule has 0 radical (unpaired) electrons. The maximum atomic E-state index is 13.3. The third kappa shape index (κ3) is 23.8. The second kappa shape index (κ2) is 29.0. The quantitative estimate of drug-likeness (QED) is 0.0386. The van der Waals surface area contributed by atoms with Gasteiger partial charge in [-0.15, -0.1) is 0 Å². The minimum atomic E-state index is -3.81. The molecule has 2 unspecified atom stereocenters. The maximum absolute atomic E-state index is 13.3. The van der Waals surface area contributed by atoms with Crippen molar-refractivity contribution in [1.29, 1.82) is 0 Å². The van der Waals surface area contributed by atoms with Crippen LogP contribution in [-0.4, -0.2) is 39.2 Å². The smallest absolute Gasteiger partial charge is 0.269 e. The third-order valence-corrected chi connectivity index (χ3v) is 15.7. The topological polar surface area (TPSA) is 86.7 Å². The Kier molecular flexibility index (Phi) is 29.3. The summed E-state index contributed by atoms with van der Waals surface area (Å²) in [6, 6.07) is 0. The molecule has 0 saturated heterocycles. The van der Waals surface area contributed by atoms with Crippen LogP contribution in [0.3, 0.4) is 0 Å². The molecule has 254 valence electrons. The fourth-order valence-corrected chi connectivity index (χ4v) is 12.4. The highest BCUT2D eigenvalue weighted by Gasteiger charge is 2.33. The molecule has 0 aliphatic heterocycles. The van der Waals surface area contributed by atoms with Gasteiger partial charge in [-0.3, -0.25) is 8.37 Å². The standard InChI is InChI=1S/C32H66O6S4/c1-5-9-13-17-19-23-27-31(41(33,34)37-29-25-21-15-11-7-3)39-40-32(28-24-20-18-14-10-6-2)42(35,36)38-30-26-22-16-12-8-4/h31-32H,5-30H2,1-4H3. The Morgan fingerprint density at radius 1 is 0.405 bits per heavy atom. The summed E-state index contributed by atoms with van der Waals surface area (Å²) in [6.07, 6.45) is 23.9. The number of rotatable bonds is 33. The Labute approximate surface area is 270 Å². The molecule has 0 aromatic heterocycles. The second-order valence-electron chi connectivity index (χ2n) is 11.6. The first-order chi connectivity index (χ1) is 20.2. The maximum Gasteiger partial charge on any atom is 0.280 e. The lowest BCUT2D eigenvalue weighted by Crippen LogP contribution is -2.24. The van der Waals surface area contributed by atoms with E-state index in [1.54, 1.807) is 0 Å². The minimum Gasteiger partial charge on any atom is -0.269 e. The molecular formula is C32H66O6S4. The van der Waals surface area contributed by atoms with Gasteiger partial charge in [0, 0.05) is 0 Å². The zero-order valence-corrected chi connectivity index (χ0v) is 30.9. The van der Waals surface area contributed by atoms with Crippen molar-refractivity contribution >= 4 is 41.8 Å². The van der Waals surface area contributed by atoms with Gasteiger partial charge in [-0.25, -0.2) is 0 Å². The molecule has 0 bridgehead atoms. The van der Waals surface area contributed by atoms with Crippen molar-refractivity contribution in [3.63, 3.8) is 0 Å². The predicted octanol–water partition coefficient (Wildman–Crippen LogP) is 11.2. The van der Waals surface area contributed by atoms with Crippen LogP contribution < -0.4 is 0 Å². The number of hydrogen-bond acceptors (Lipinski definition) is 8. The highest BCUT2D eigenvalue weighted by Crippen LogP contribution is 2.41. The van der Waals surface area contributed by atoms with Crippen LogP contribution in [0.15, 0.2) is 0 Å². The van der Waals surface area contributed by atoms with Gasteiger partial charge < -0.3 is 0 Å². The summed E-state index contributed by atoms with van der Waals surface area (Å²) in [7, 11) is -5.28. The van der Waals surface area contributed by atoms with Crippen molar-refractivity contribution in [2.24, 2.45) is 0 Å². The van der Waals surface area contributed by atoms with Gasteiger partial charge in [-0.05, 0) is 25.7 Å². The predicted molar refractivity (Wildman–Crippen MR) is 186 cm³/mol. The van der Waals surface area contributed by atoms with Gasteiger partial charge in [0.05, 0.1) is 13.2 Å². The highest BCUT2D eigenvalue weighted by molar-refractivity contribution is 8.79. The van der Waals surface area contributed by atoms with Gasteiger partial charge in [0.2, 0.25) is 0 Å². The van der Waals surface area contributed by atoms with Crippen molar-refractivity contribution in [1.82, 2.24) is 0 Å². The monoisotopic (exact) mass is 674 g/mol. The molecule has 0 fully saturated rings. The van der Waals surface area contributed by atoms with Gasteiger partial charge >= 0.3 is 0 Å². The Hall–Kier alpha value is 0.520. The summed E-state index contributed by atoms with van der Waals surface area (Å²) in [4.78, 5) is 0. The van der Waals surface area contributed by atoms with E-state index in [2.05, 4.69) is 27.7 Å². The largest absolute Gasteiger partial charge is 0.280 e. The van der Waals surface area contributed by atoms with Crippen molar-refractivity contribution in [3.8, 4) is 0 Å². The molecule has 0 N–H and O–H groups in total. The molecular weight excluding hydrogens is 609 g/mol. The van der Waals surface area contributed by atoms with Gasteiger partial charge in [0.15, 0.2) is 0 Å². The fourth-order valence-electron chi connectivity index (χ4n) is 4.70. The van der Waals surface area contributed by atoms with E-state index in [1.807, 2.05) is 0 Å². The van der Waals surface area contributed by atoms with Crippen molar-refractivity contribution in [2.75, 3.05) is 13.2 Å². The Bertz CT molecular complexity index is 723. The highest BCUT2D eigenvalue weighted by atomic mass is 33.1. The molecule has 0 aromatic carbocycles. The van der Waals surface area contributed by atoms with E-state index in [0.29, 0.717) is 12.8 Å². The van der Waals surface area contributed by atoms with Gasteiger partial charge in [-0.2, -0.15) is 16.8 Å². The van der Waals surface area contributed by atoms with Gasteiger partial charge in [0.25, 0.3) is 20.2 Å². The minimum absolute atomic E-state index is 0.199. The van der Waals surface area contributed by atoms with Crippen LogP contribution in [0.2, 0.25) is 0 Å². The Morgan fingerprint density at radius 2 is 0.667 bits per heavy atom. The molecule has 6 nitrogen and oxygen atoms in total. The summed E-state index contributed by atoms with van der Waals surface area (Å²) < 4.78 is 62.5. The average molecular weight is 675 g/mol. The molecule has 42 heavy (non-hydrogen) atoms. The average Bonchev–Trinajstić information content (AvgIpc) is 2.96. The second-order valence-corrected chi connectivity index (χ2v) is 18.5. The summed E-state index contributed by atoms with van der Waals surface area (Å²) in [5.74, 6) is 0. The first-order valence-corrected chi connectivity index (χ1v) is 22.6. The lowest BCUT2D eigenvalue weighted by atomic mass is 10.1. The number of hydrogen-bond donors (Lipinski definition) is 0. The fraction of sp³-hybridized carbons (Fsp3) is 1.00. The van der Waals surface area contributed by atoms with Gasteiger partial charge in [-0.1, -0.05) is 178 Å². The first kappa shape index (κ1) is 42.5. The van der Waals surface area contributed by atoms with E-state index in [4.69, 9.17) is 8.37 Å². The lowest BCUT2D eigenvalue weighted by molar-refractivity contribution is 0.303. The van der Waals surface area contributed by atoms with E-state index in [0.717, 1.165) is 103 Å². The van der Waals surface area contributed by atoms with Gasteiger partial charge in [0.1, 0.15) is 9.16 Å². The van der Waals surface area contributed by atoms with Crippen molar-refractivity contribution < 1.29 is 25.2 Å². The van der Waals surface area contributed by atoms with Crippen LogP contribution in [0.5, 0.6) is 0 Å². The molecule has 0 saturated carbocycles. The molecule has 0 aliphatic rings. The summed E-state index contributed by atoms with van der Waals surface area (Å²) in [5, 5.41) is 0. The van der Waals surface area contributed by atoms with Crippen LogP contribution >= 0.6 is 21.6 Å². The van der Waals surface area contributed by atoms with E-state index in [9.17, 15) is 16.8 Å². The molecule has 0 heterocycles. The van der Waals surface area contributed by atoms with Crippen molar-refractivity contribution in [3.05, 3.63) is 0 Å². The molecule has 0 aromatic rings. The van der Waals surface area contributed by atoms with E-state index >= 15 is 0 Å². The zero-order chi connectivity index (χ0) is 31.4. The molecule has 0 aliphatic carbocycles. The SMILES string of the molecule is CCCCCCCCC(SSC(CCCCCCCC)S(=O)(=O)OCCCCCCC)S(=O)(=O)OCCCCCCC. The number of unbranched alkanes of at least 4 members (excludes halogenated alkanes) is 18. The van der Waals surface area contributed by atoms with E-state index in [-0.39, 0.29) is 13.2 Å². The Balaban J connectivity index is 5.30. The summed E-state index contributed by atoms with van der Waals surface area (Å²) in [6.45, 7) is 9.07. The van der Waals surface area contributed by atoms with Crippen LogP contribution in [0.4, 0.5) is 0 Å². The third-order valence-electron chi connectivity index (χ3n) is 7.49. The summed E-state index contributed by atoms with van der Waals surface area (Å²) in [5.41, 5.74) is 0. The molecule has 2 atom stereocenters. The van der Waals surface area contributed by atoms with E-state index in [1.165, 1.54) is 60.1 Å². The molecule has 0 rings (SSSR count). The van der Waals surface area contributed by atoms with Crippen molar-refractivity contribution in [2.45, 2.75) is 191 Å². The first-order valence-electron chi connectivity index (χ1n) is 17.3. The van der Waals surface area contributed by atoms with Crippen LogP contribution in [-0.2, 0) is 28.6 Å².